The number of benzene rings is 2. The summed E-state index contributed by atoms with van der Waals surface area (Å²) in [6.45, 7) is 9.05. The van der Waals surface area contributed by atoms with E-state index in [1.165, 1.54) is 56.9 Å². The van der Waals surface area contributed by atoms with E-state index in [9.17, 15) is 0 Å². The lowest BCUT2D eigenvalue weighted by molar-refractivity contribution is 1.04. The van der Waals surface area contributed by atoms with Gasteiger partial charge in [-0.05, 0) is 121 Å². The summed E-state index contributed by atoms with van der Waals surface area (Å²) in [4.78, 5) is 0. The van der Waals surface area contributed by atoms with Gasteiger partial charge in [-0.3, -0.25) is 0 Å². The second-order valence-corrected chi connectivity index (χ2v) is 8.97. The highest BCUT2D eigenvalue weighted by molar-refractivity contribution is 9.10. The first-order valence-electron chi connectivity index (χ1n) is 8.70. The van der Waals surface area contributed by atoms with E-state index in [0.29, 0.717) is 0 Å². The third-order valence-corrected chi connectivity index (χ3v) is 7.57. The van der Waals surface area contributed by atoms with Crippen molar-refractivity contribution in [2.45, 2.75) is 53.4 Å². The third kappa shape index (κ3) is 2.29. The summed E-state index contributed by atoms with van der Waals surface area (Å²) in [5.41, 5.74) is 15.1. The number of halogens is 2. The number of allylic oxidation sites excluding steroid dienone is 2. The summed E-state index contributed by atoms with van der Waals surface area (Å²) in [6.07, 6.45) is 4.75. The topological polar surface area (TPSA) is 0 Å². The number of aryl methyl sites for hydroxylation is 2. The predicted octanol–water partition coefficient (Wildman–Crippen LogP) is 7.25. The fourth-order valence-electron chi connectivity index (χ4n) is 4.70. The monoisotopic (exact) mass is 444 g/mol. The van der Waals surface area contributed by atoms with E-state index >= 15 is 0 Å². The predicted molar refractivity (Wildman–Crippen MR) is 111 cm³/mol. The van der Waals surface area contributed by atoms with Crippen LogP contribution in [0.5, 0.6) is 0 Å². The van der Waals surface area contributed by atoms with Gasteiger partial charge in [0.05, 0.1) is 0 Å². The summed E-state index contributed by atoms with van der Waals surface area (Å²) in [5.74, 6) is 0. The van der Waals surface area contributed by atoms with Crippen molar-refractivity contribution in [3.63, 3.8) is 0 Å². The maximum absolute atomic E-state index is 3.74. The summed E-state index contributed by atoms with van der Waals surface area (Å²) in [5, 5.41) is 0. The van der Waals surface area contributed by atoms with Crippen LogP contribution >= 0.6 is 31.9 Å². The Hall–Kier alpha value is -0.860. The van der Waals surface area contributed by atoms with Gasteiger partial charge in [0, 0.05) is 8.95 Å². The van der Waals surface area contributed by atoms with Gasteiger partial charge in [-0.15, -0.1) is 0 Å². The molecular weight excluding hydrogens is 424 g/mol. The van der Waals surface area contributed by atoms with E-state index in [2.05, 4.69) is 71.7 Å². The second kappa shape index (κ2) is 5.85. The first-order chi connectivity index (χ1) is 11.4. The highest BCUT2D eigenvalue weighted by Gasteiger charge is 2.29. The molecule has 0 aliphatic heterocycles. The highest BCUT2D eigenvalue weighted by Crippen LogP contribution is 2.48. The zero-order chi connectivity index (χ0) is 17.2. The second-order valence-electron chi connectivity index (χ2n) is 7.26. The molecule has 4 rings (SSSR count). The van der Waals surface area contributed by atoms with Crippen molar-refractivity contribution in [3.8, 4) is 0 Å². The first kappa shape index (κ1) is 16.6. The molecule has 0 fully saturated rings. The van der Waals surface area contributed by atoms with Gasteiger partial charge in [0.1, 0.15) is 0 Å². The molecule has 0 saturated carbocycles. The molecule has 0 nitrogen and oxygen atoms in total. The Morgan fingerprint density at radius 2 is 1.00 bits per heavy atom. The Balaban J connectivity index is 2.00. The van der Waals surface area contributed by atoms with Gasteiger partial charge < -0.3 is 0 Å². The van der Waals surface area contributed by atoms with Crippen molar-refractivity contribution in [3.05, 3.63) is 65.6 Å². The number of fused-ring (bicyclic) bond motifs is 2. The Morgan fingerprint density at radius 3 is 1.38 bits per heavy atom. The molecule has 0 radical (unpaired) electrons. The van der Waals surface area contributed by atoms with E-state index in [0.717, 1.165) is 0 Å². The smallest absolute Gasteiger partial charge is 0.0210 e. The normalized spacial score (nSPS) is 18.9. The molecule has 0 saturated heterocycles. The van der Waals surface area contributed by atoms with Crippen molar-refractivity contribution >= 4 is 43.0 Å². The molecule has 24 heavy (non-hydrogen) atoms. The van der Waals surface area contributed by atoms with Crippen molar-refractivity contribution < 1.29 is 0 Å². The Morgan fingerprint density at radius 1 is 0.625 bits per heavy atom. The van der Waals surface area contributed by atoms with E-state index in [4.69, 9.17) is 0 Å². The molecular formula is C22H22Br2. The van der Waals surface area contributed by atoms with Crippen LogP contribution < -0.4 is 0 Å². The molecule has 2 aromatic carbocycles. The Kier molecular flexibility index (Phi) is 4.04. The van der Waals surface area contributed by atoms with Gasteiger partial charge >= 0.3 is 0 Å². The first-order valence-corrected chi connectivity index (χ1v) is 10.3. The molecule has 0 bridgehead atoms. The Bertz CT molecular complexity index is 841. The number of rotatable bonds is 0. The van der Waals surface area contributed by atoms with Crippen LogP contribution in [0.25, 0.3) is 11.1 Å². The highest BCUT2D eigenvalue weighted by atomic mass is 79.9. The van der Waals surface area contributed by atoms with Crippen LogP contribution in [0.1, 0.15) is 57.3 Å². The molecule has 0 amide bonds. The largest absolute Gasteiger partial charge is 0.0505 e. The van der Waals surface area contributed by atoms with Gasteiger partial charge in [0.2, 0.25) is 0 Å². The van der Waals surface area contributed by atoms with Gasteiger partial charge in [-0.1, -0.05) is 31.9 Å². The number of hydrogen-bond donors (Lipinski definition) is 0. The lowest BCUT2D eigenvalue weighted by atomic mass is 9.90. The summed E-state index contributed by atoms with van der Waals surface area (Å²) in [6, 6.07) is 4.60. The van der Waals surface area contributed by atoms with E-state index in [1.807, 2.05) is 0 Å². The minimum Gasteiger partial charge on any atom is -0.0505 e. The van der Waals surface area contributed by atoms with Gasteiger partial charge in [-0.25, -0.2) is 0 Å². The molecule has 2 heteroatoms. The Labute approximate surface area is 161 Å². The minimum absolute atomic E-state index is 1.18. The molecule has 0 atom stereocenters. The van der Waals surface area contributed by atoms with E-state index in [-0.39, 0.29) is 0 Å². The van der Waals surface area contributed by atoms with Crippen LogP contribution in [0.2, 0.25) is 0 Å². The average Bonchev–Trinajstić information content (AvgIpc) is 3.14. The molecule has 0 aromatic heterocycles. The molecule has 0 N–H and O–H groups in total. The maximum atomic E-state index is 3.74. The van der Waals surface area contributed by atoms with Crippen LogP contribution in [-0.2, 0) is 12.8 Å². The molecule has 0 spiro atoms. The van der Waals surface area contributed by atoms with Crippen molar-refractivity contribution in [1.29, 1.82) is 0 Å². The minimum atomic E-state index is 1.18. The lowest BCUT2D eigenvalue weighted by Gasteiger charge is -2.16. The third-order valence-electron chi connectivity index (χ3n) is 5.92. The van der Waals surface area contributed by atoms with Gasteiger partial charge in [0.15, 0.2) is 0 Å². The molecule has 0 heterocycles. The molecule has 0 unspecified atom stereocenters. The van der Waals surface area contributed by atoms with Gasteiger partial charge in [0.25, 0.3) is 0 Å². The molecule has 2 aliphatic rings. The van der Waals surface area contributed by atoms with Crippen LogP contribution in [0.4, 0.5) is 0 Å². The van der Waals surface area contributed by atoms with E-state index < -0.39 is 0 Å². The zero-order valence-corrected chi connectivity index (χ0v) is 17.9. The average molecular weight is 446 g/mol. The van der Waals surface area contributed by atoms with Crippen LogP contribution in [-0.4, -0.2) is 0 Å². The molecule has 2 aromatic rings. The SMILES string of the molecule is Cc1cc(Br)c(C)c2c1/C(=C1\CCc3c(C)c(Br)cc(C)c31)CC2. The van der Waals surface area contributed by atoms with Crippen LogP contribution in [0.3, 0.4) is 0 Å². The molecule has 124 valence electrons. The fourth-order valence-corrected chi connectivity index (χ4v) is 5.86. The van der Waals surface area contributed by atoms with Crippen LogP contribution in [0.15, 0.2) is 21.1 Å². The van der Waals surface area contributed by atoms with Crippen molar-refractivity contribution in [2.75, 3.05) is 0 Å². The standard InChI is InChI=1S/C22H22Br2/c1-11-9-19(23)13(3)15-5-7-17(21(11)15)18-8-6-16-14(4)20(24)10-12(2)22(16)18/h9-10H,5-8H2,1-4H3/b18-17+. The molecule has 2 aliphatic carbocycles. The van der Waals surface area contributed by atoms with Crippen molar-refractivity contribution in [1.82, 2.24) is 0 Å². The summed E-state index contributed by atoms with van der Waals surface area (Å²) in [7, 11) is 0. The summed E-state index contributed by atoms with van der Waals surface area (Å²) >= 11 is 7.47. The van der Waals surface area contributed by atoms with Crippen LogP contribution in [0, 0.1) is 27.7 Å². The van der Waals surface area contributed by atoms with Crippen molar-refractivity contribution in [2.24, 2.45) is 0 Å². The number of hydrogen-bond acceptors (Lipinski definition) is 0. The fraction of sp³-hybridized carbons (Fsp3) is 0.364. The zero-order valence-electron chi connectivity index (χ0n) is 14.7. The van der Waals surface area contributed by atoms with Gasteiger partial charge in [-0.2, -0.15) is 0 Å². The lowest BCUT2D eigenvalue weighted by Crippen LogP contribution is -1.96. The maximum Gasteiger partial charge on any atom is 0.0210 e. The quantitative estimate of drug-likeness (QED) is 0.400. The van der Waals surface area contributed by atoms with E-state index in [1.54, 1.807) is 33.4 Å². The summed E-state index contributed by atoms with van der Waals surface area (Å²) < 4.78 is 2.51.